The number of rotatable bonds is 4. The summed E-state index contributed by atoms with van der Waals surface area (Å²) < 4.78 is 43.7. The quantitative estimate of drug-likeness (QED) is 0.663. The van der Waals surface area contributed by atoms with E-state index in [1.807, 2.05) is 0 Å². The molecule has 8 nitrogen and oxygen atoms in total. The van der Waals surface area contributed by atoms with Crippen LogP contribution in [0.5, 0.6) is 0 Å². The van der Waals surface area contributed by atoms with Gasteiger partial charge in [0.15, 0.2) is 12.1 Å². The number of hydrogen-bond acceptors (Lipinski definition) is 8. The number of nitrogens with zero attached hydrogens (tertiary/aromatic N) is 6. The maximum Gasteiger partial charge on any atom is 0.417 e. The van der Waals surface area contributed by atoms with Crippen LogP contribution in [0, 0.1) is 22.7 Å². The first-order valence-electron chi connectivity index (χ1n) is 9.88. The number of aromatic nitrogens is 2. The van der Waals surface area contributed by atoms with E-state index in [2.05, 4.69) is 14.9 Å². The van der Waals surface area contributed by atoms with Crippen molar-refractivity contribution in [3.8, 4) is 23.4 Å². The molecule has 12 heteroatoms. The van der Waals surface area contributed by atoms with E-state index in [1.165, 1.54) is 30.0 Å². The number of alkyl halides is 3. The highest BCUT2D eigenvalue weighted by Gasteiger charge is 2.31. The van der Waals surface area contributed by atoms with Gasteiger partial charge in [0, 0.05) is 44.1 Å². The third-order valence-electron chi connectivity index (χ3n) is 4.94. The molecule has 0 saturated carbocycles. The zero-order chi connectivity index (χ0) is 23.8. The van der Waals surface area contributed by atoms with Crippen molar-refractivity contribution in [1.29, 1.82) is 10.5 Å². The SMILES string of the molecule is N#CC#N.O=C1CSc2ncc(-c3ccc(C(F)(F)F)cn3)cc2N1CCN1CCOCC1. The van der Waals surface area contributed by atoms with Crippen molar-refractivity contribution in [2.45, 2.75) is 11.2 Å². The van der Waals surface area contributed by atoms with Crippen LogP contribution in [0.1, 0.15) is 5.56 Å². The first-order chi connectivity index (χ1) is 15.8. The molecule has 4 heterocycles. The van der Waals surface area contributed by atoms with Crippen molar-refractivity contribution in [2.75, 3.05) is 50.0 Å². The van der Waals surface area contributed by atoms with E-state index in [4.69, 9.17) is 15.3 Å². The van der Waals surface area contributed by atoms with Gasteiger partial charge < -0.3 is 9.64 Å². The molecule has 2 aromatic rings. The molecular formula is C21H19F3N6O2S. The number of nitriles is 2. The van der Waals surface area contributed by atoms with E-state index in [0.717, 1.165) is 36.9 Å². The number of fused-ring (bicyclic) bond motifs is 1. The fourth-order valence-electron chi connectivity index (χ4n) is 3.27. The monoisotopic (exact) mass is 476 g/mol. The molecule has 0 aromatic carbocycles. The third-order valence-corrected chi connectivity index (χ3v) is 5.92. The van der Waals surface area contributed by atoms with Crippen LogP contribution in [0.15, 0.2) is 35.6 Å². The standard InChI is InChI=1S/C19H19F3N4O2S.C2N2/c20-19(21,22)14-1-2-15(23-11-14)13-9-16-18(24-10-13)29-12-17(27)26(16)4-3-25-5-7-28-8-6-25;3-1-2-4/h1-2,9-11H,3-8,12H2;. The zero-order valence-electron chi connectivity index (χ0n) is 17.4. The summed E-state index contributed by atoms with van der Waals surface area (Å²) in [5.74, 6) is 0.316. The lowest BCUT2D eigenvalue weighted by atomic mass is 10.1. The van der Waals surface area contributed by atoms with Gasteiger partial charge in [-0.1, -0.05) is 11.8 Å². The summed E-state index contributed by atoms with van der Waals surface area (Å²) >= 11 is 1.37. The number of carbonyl (C=O) groups is 1. The van der Waals surface area contributed by atoms with Crippen LogP contribution in [0.3, 0.4) is 0 Å². The molecule has 0 radical (unpaired) electrons. The second-order valence-corrected chi connectivity index (χ2v) is 7.95. The van der Waals surface area contributed by atoms with E-state index in [9.17, 15) is 18.0 Å². The van der Waals surface area contributed by atoms with Gasteiger partial charge in [0.1, 0.15) is 5.03 Å². The molecule has 1 saturated heterocycles. The Kier molecular flexibility index (Phi) is 8.22. The highest BCUT2D eigenvalue weighted by molar-refractivity contribution is 8.00. The van der Waals surface area contributed by atoms with Crippen molar-refractivity contribution in [3.05, 3.63) is 36.2 Å². The Hall–Kier alpha value is -3.19. The Bertz CT molecular complexity index is 1050. The van der Waals surface area contributed by atoms with Crippen molar-refractivity contribution >= 4 is 23.4 Å². The van der Waals surface area contributed by atoms with E-state index in [0.29, 0.717) is 42.5 Å². The minimum atomic E-state index is -4.43. The van der Waals surface area contributed by atoms with Crippen molar-refractivity contribution in [1.82, 2.24) is 14.9 Å². The molecule has 172 valence electrons. The Morgan fingerprint density at radius 2 is 1.82 bits per heavy atom. The molecule has 0 unspecified atom stereocenters. The van der Waals surface area contributed by atoms with Gasteiger partial charge >= 0.3 is 6.18 Å². The second kappa shape index (κ2) is 11.1. The zero-order valence-corrected chi connectivity index (χ0v) is 18.2. The first-order valence-corrected chi connectivity index (χ1v) is 10.9. The average molecular weight is 476 g/mol. The van der Waals surface area contributed by atoms with E-state index < -0.39 is 11.7 Å². The number of thioether (sulfide) groups is 1. The fourth-order valence-corrected chi connectivity index (χ4v) is 4.13. The largest absolute Gasteiger partial charge is 0.417 e. The smallest absolute Gasteiger partial charge is 0.379 e. The number of anilines is 1. The van der Waals surface area contributed by atoms with Crippen LogP contribution in [0.2, 0.25) is 0 Å². The Morgan fingerprint density at radius 3 is 2.42 bits per heavy atom. The minimum Gasteiger partial charge on any atom is -0.379 e. The summed E-state index contributed by atoms with van der Waals surface area (Å²) in [5, 5.41) is 15.3. The summed E-state index contributed by atoms with van der Waals surface area (Å²) in [6, 6.07) is 6.57. The van der Waals surface area contributed by atoms with Gasteiger partial charge in [-0.2, -0.15) is 23.7 Å². The van der Waals surface area contributed by atoms with Gasteiger partial charge in [0.2, 0.25) is 5.91 Å². The number of hydrogen-bond donors (Lipinski definition) is 0. The van der Waals surface area contributed by atoms with Gasteiger partial charge in [0.25, 0.3) is 0 Å². The molecule has 0 aliphatic carbocycles. The lowest BCUT2D eigenvalue weighted by Crippen LogP contribution is -2.44. The average Bonchev–Trinajstić information content (AvgIpc) is 2.83. The summed E-state index contributed by atoms with van der Waals surface area (Å²) in [6.07, 6.45) is -2.04. The number of carbonyl (C=O) groups excluding carboxylic acids is 1. The first kappa shape index (κ1) is 24.5. The molecular weight excluding hydrogens is 457 g/mol. The molecule has 1 amide bonds. The molecule has 2 aromatic heterocycles. The van der Waals surface area contributed by atoms with Crippen molar-refractivity contribution < 1.29 is 22.7 Å². The van der Waals surface area contributed by atoms with Crippen LogP contribution < -0.4 is 4.90 Å². The van der Waals surface area contributed by atoms with Gasteiger partial charge in [0.05, 0.1) is 35.9 Å². The molecule has 4 rings (SSSR count). The third kappa shape index (κ3) is 6.42. The van der Waals surface area contributed by atoms with Crippen molar-refractivity contribution in [3.63, 3.8) is 0 Å². The molecule has 33 heavy (non-hydrogen) atoms. The molecule has 2 aliphatic rings. The number of ether oxygens (including phenoxy) is 1. The van der Waals surface area contributed by atoms with Crippen molar-refractivity contribution in [2.24, 2.45) is 0 Å². The van der Waals surface area contributed by atoms with E-state index in [-0.39, 0.29) is 5.91 Å². The van der Waals surface area contributed by atoms with Crippen LogP contribution in [-0.2, 0) is 15.7 Å². The van der Waals surface area contributed by atoms with Crippen LogP contribution in [0.4, 0.5) is 18.9 Å². The van der Waals surface area contributed by atoms with Crippen LogP contribution in [-0.4, -0.2) is 65.9 Å². The van der Waals surface area contributed by atoms with Crippen LogP contribution in [0.25, 0.3) is 11.3 Å². The maximum atomic E-state index is 12.8. The molecule has 0 atom stereocenters. The summed E-state index contributed by atoms with van der Waals surface area (Å²) in [5.41, 5.74) is 0.831. The highest BCUT2D eigenvalue weighted by Crippen LogP contribution is 2.36. The lowest BCUT2D eigenvalue weighted by Gasteiger charge is -2.32. The lowest BCUT2D eigenvalue weighted by molar-refractivity contribution is -0.137. The van der Waals surface area contributed by atoms with Crippen LogP contribution >= 0.6 is 11.8 Å². The van der Waals surface area contributed by atoms with E-state index >= 15 is 0 Å². The summed E-state index contributed by atoms with van der Waals surface area (Å²) in [6.45, 7) is 4.28. The highest BCUT2D eigenvalue weighted by atomic mass is 32.2. The summed E-state index contributed by atoms with van der Waals surface area (Å²) in [4.78, 5) is 24.8. The maximum absolute atomic E-state index is 12.8. The number of pyridine rings is 2. The predicted molar refractivity (Wildman–Crippen MR) is 114 cm³/mol. The van der Waals surface area contributed by atoms with Gasteiger partial charge in [-0.15, -0.1) is 0 Å². The van der Waals surface area contributed by atoms with E-state index in [1.54, 1.807) is 17.2 Å². The van der Waals surface area contributed by atoms with Gasteiger partial charge in [-0.3, -0.25) is 14.7 Å². The molecule has 0 spiro atoms. The van der Waals surface area contributed by atoms with Gasteiger partial charge in [-0.05, 0) is 18.2 Å². The number of halogens is 3. The number of amides is 1. The molecule has 0 N–H and O–H groups in total. The second-order valence-electron chi connectivity index (χ2n) is 6.99. The Morgan fingerprint density at radius 1 is 1.09 bits per heavy atom. The predicted octanol–water partition coefficient (Wildman–Crippen LogP) is 2.97. The number of morpholine rings is 1. The normalized spacial score (nSPS) is 16.2. The van der Waals surface area contributed by atoms with Gasteiger partial charge in [-0.25, -0.2) is 4.98 Å². The Labute approximate surface area is 192 Å². The molecule has 0 bridgehead atoms. The summed E-state index contributed by atoms with van der Waals surface area (Å²) in [7, 11) is 0. The topological polar surface area (TPSA) is 106 Å². The molecule has 2 aliphatic heterocycles. The minimum absolute atomic E-state index is 0.00455. The molecule has 1 fully saturated rings. The Balaban J connectivity index is 0.000000709. The fraction of sp³-hybridized carbons (Fsp3) is 0.381.